The summed E-state index contributed by atoms with van der Waals surface area (Å²) in [5.74, 6) is -0.163. The molecule has 0 aromatic heterocycles. The maximum Gasteiger partial charge on any atom is 0.321 e. The molecule has 1 unspecified atom stereocenters. The summed E-state index contributed by atoms with van der Waals surface area (Å²) in [6.07, 6.45) is 4.43. The highest BCUT2D eigenvalue weighted by atomic mass is 32.2. The molecule has 3 amide bonds. The number of urea groups is 1. The van der Waals surface area contributed by atoms with E-state index in [2.05, 4.69) is 5.32 Å². The van der Waals surface area contributed by atoms with Crippen molar-refractivity contribution in [3.8, 4) is 11.1 Å². The Bertz CT molecular complexity index is 1180. The molecule has 2 atom stereocenters. The van der Waals surface area contributed by atoms with E-state index in [1.54, 1.807) is 41.1 Å². The molecule has 168 valence electrons. The molecule has 2 aromatic carbocycles. The van der Waals surface area contributed by atoms with Crippen LogP contribution in [-0.2, 0) is 19.4 Å². The lowest BCUT2D eigenvalue weighted by Crippen LogP contribution is -2.55. The molecular formula is C23H25N3O5S. The number of carbonyl (C=O) groups is 2. The predicted molar refractivity (Wildman–Crippen MR) is 122 cm³/mol. The van der Waals surface area contributed by atoms with Crippen LogP contribution < -0.4 is 15.1 Å². The number of amides is 3. The molecule has 0 fully saturated rings. The number of benzene rings is 2. The van der Waals surface area contributed by atoms with Gasteiger partial charge in [0.25, 0.3) is 5.91 Å². The Morgan fingerprint density at radius 1 is 1.06 bits per heavy atom. The van der Waals surface area contributed by atoms with Crippen molar-refractivity contribution >= 4 is 33.2 Å². The highest BCUT2D eigenvalue weighted by Crippen LogP contribution is 2.39. The van der Waals surface area contributed by atoms with Gasteiger partial charge in [-0.15, -0.1) is 0 Å². The fraction of sp³-hybridized carbons (Fsp3) is 0.304. The number of fused-ring (bicyclic) bond motifs is 1. The Hall–Kier alpha value is -3.33. The number of nitrogens with zero attached hydrogens (tertiary/aromatic N) is 2. The van der Waals surface area contributed by atoms with Crippen molar-refractivity contribution in [1.29, 1.82) is 0 Å². The average Bonchev–Trinajstić information content (AvgIpc) is 3.32. The van der Waals surface area contributed by atoms with Crippen molar-refractivity contribution in [3.05, 3.63) is 54.8 Å². The molecule has 1 N–H and O–H groups in total. The zero-order valence-electron chi connectivity index (χ0n) is 18.1. The van der Waals surface area contributed by atoms with Gasteiger partial charge in [0, 0.05) is 26.3 Å². The largest absolute Gasteiger partial charge is 0.488 e. The molecule has 8 nitrogen and oxygen atoms in total. The van der Waals surface area contributed by atoms with Crippen LogP contribution in [0, 0.1) is 0 Å². The maximum atomic E-state index is 13.2. The van der Waals surface area contributed by atoms with E-state index in [1.165, 1.54) is 12.5 Å². The van der Waals surface area contributed by atoms with Crippen molar-refractivity contribution in [2.75, 3.05) is 29.6 Å². The first-order chi connectivity index (χ1) is 15.2. The van der Waals surface area contributed by atoms with Crippen LogP contribution in [0.5, 0.6) is 0 Å². The van der Waals surface area contributed by atoms with E-state index >= 15 is 0 Å². The Morgan fingerprint density at radius 3 is 2.34 bits per heavy atom. The van der Waals surface area contributed by atoms with E-state index < -0.39 is 15.9 Å². The summed E-state index contributed by atoms with van der Waals surface area (Å²) in [5, 5.41) is 2.66. The molecule has 0 aliphatic carbocycles. The van der Waals surface area contributed by atoms with Crippen LogP contribution in [0.1, 0.15) is 13.3 Å². The van der Waals surface area contributed by atoms with E-state index in [0.29, 0.717) is 24.3 Å². The topological polar surface area (TPSA) is 96.0 Å². The van der Waals surface area contributed by atoms with Crippen molar-refractivity contribution in [2.24, 2.45) is 0 Å². The van der Waals surface area contributed by atoms with Crippen molar-refractivity contribution in [3.63, 3.8) is 0 Å². The van der Waals surface area contributed by atoms with Crippen LogP contribution in [0.25, 0.3) is 11.1 Å². The van der Waals surface area contributed by atoms with Gasteiger partial charge in [0.15, 0.2) is 15.9 Å². The second kappa shape index (κ2) is 8.31. The van der Waals surface area contributed by atoms with Crippen molar-refractivity contribution in [1.82, 2.24) is 5.32 Å². The molecule has 0 bridgehead atoms. The molecule has 32 heavy (non-hydrogen) atoms. The smallest absolute Gasteiger partial charge is 0.321 e. The Morgan fingerprint density at radius 2 is 1.75 bits per heavy atom. The molecular weight excluding hydrogens is 430 g/mol. The normalized spacial score (nSPS) is 20.0. The van der Waals surface area contributed by atoms with E-state index in [0.717, 1.165) is 11.1 Å². The zero-order chi connectivity index (χ0) is 23.0. The minimum absolute atomic E-state index is 0.163. The number of carbonyl (C=O) groups excluding carboxylic acids is 2. The van der Waals surface area contributed by atoms with E-state index in [1.807, 2.05) is 31.2 Å². The van der Waals surface area contributed by atoms with Gasteiger partial charge >= 0.3 is 6.03 Å². The maximum absolute atomic E-state index is 13.2. The second-order valence-corrected chi connectivity index (χ2v) is 9.97. The molecule has 4 rings (SSSR count). The van der Waals surface area contributed by atoms with Gasteiger partial charge in [0.1, 0.15) is 0 Å². The number of sulfone groups is 1. The van der Waals surface area contributed by atoms with Crippen LogP contribution in [0.4, 0.5) is 16.2 Å². The summed E-state index contributed by atoms with van der Waals surface area (Å²) in [7, 11) is -1.72. The van der Waals surface area contributed by atoms with Crippen LogP contribution in [0.3, 0.4) is 0 Å². The monoisotopic (exact) mass is 455 g/mol. The molecule has 0 saturated carbocycles. The molecule has 0 spiro atoms. The lowest BCUT2D eigenvalue weighted by atomic mass is 10.00. The first-order valence-corrected chi connectivity index (χ1v) is 12.2. The molecule has 0 radical (unpaired) electrons. The number of hydrogen-bond acceptors (Lipinski definition) is 5. The third-order valence-electron chi connectivity index (χ3n) is 5.69. The summed E-state index contributed by atoms with van der Waals surface area (Å²) < 4.78 is 29.0. The van der Waals surface area contributed by atoms with Gasteiger partial charge in [-0.1, -0.05) is 18.2 Å². The highest BCUT2D eigenvalue weighted by molar-refractivity contribution is 7.90. The van der Waals surface area contributed by atoms with Crippen LogP contribution in [-0.4, -0.2) is 52.4 Å². The minimum atomic E-state index is -3.30. The second-order valence-electron chi connectivity index (χ2n) is 7.96. The van der Waals surface area contributed by atoms with Crippen LogP contribution in [0.2, 0.25) is 0 Å². The molecule has 0 saturated heterocycles. The van der Waals surface area contributed by atoms with Crippen molar-refractivity contribution < 1.29 is 22.7 Å². The molecule has 2 aliphatic heterocycles. The first kappa shape index (κ1) is 21.9. The fourth-order valence-corrected chi connectivity index (χ4v) is 4.69. The number of nitrogens with one attached hydrogen (secondary N) is 1. The van der Waals surface area contributed by atoms with Gasteiger partial charge in [-0.2, -0.15) is 0 Å². The Balaban J connectivity index is 1.78. The SMILES string of the molecule is CNC(=O)N1c2ccc(-c3ccc(S(C)(=O)=O)cc3)cc2N(C(=O)C2CC=CO2)C[C@@H]1C. The van der Waals surface area contributed by atoms with E-state index in [9.17, 15) is 18.0 Å². The third kappa shape index (κ3) is 3.95. The molecule has 2 aliphatic rings. The lowest BCUT2D eigenvalue weighted by molar-refractivity contribution is -0.126. The summed E-state index contributed by atoms with van der Waals surface area (Å²) in [6, 6.07) is 11.6. The number of anilines is 2. The number of hydrogen-bond donors (Lipinski definition) is 1. The summed E-state index contributed by atoms with van der Waals surface area (Å²) in [5.41, 5.74) is 2.84. The Labute approximate surface area is 187 Å². The van der Waals surface area contributed by atoms with Gasteiger partial charge in [0.05, 0.1) is 28.6 Å². The molecule has 2 aromatic rings. The fourth-order valence-electron chi connectivity index (χ4n) is 4.06. The Kier molecular flexibility index (Phi) is 5.68. The van der Waals surface area contributed by atoms with Gasteiger partial charge in [-0.25, -0.2) is 13.2 Å². The highest BCUT2D eigenvalue weighted by Gasteiger charge is 2.37. The molecule has 2 heterocycles. The quantitative estimate of drug-likeness (QED) is 0.768. The van der Waals surface area contributed by atoms with Gasteiger partial charge in [-0.05, 0) is 48.4 Å². The summed E-state index contributed by atoms with van der Waals surface area (Å²) in [4.78, 5) is 29.4. The van der Waals surface area contributed by atoms with Crippen LogP contribution in [0.15, 0.2) is 59.7 Å². The first-order valence-electron chi connectivity index (χ1n) is 10.3. The zero-order valence-corrected chi connectivity index (χ0v) is 18.9. The summed E-state index contributed by atoms with van der Waals surface area (Å²) >= 11 is 0. The average molecular weight is 456 g/mol. The predicted octanol–water partition coefficient (Wildman–Crippen LogP) is 2.94. The van der Waals surface area contributed by atoms with E-state index in [-0.39, 0.29) is 22.9 Å². The third-order valence-corrected chi connectivity index (χ3v) is 6.82. The van der Waals surface area contributed by atoms with Crippen molar-refractivity contribution in [2.45, 2.75) is 30.4 Å². The minimum Gasteiger partial charge on any atom is -0.488 e. The van der Waals surface area contributed by atoms with Gasteiger partial charge in [-0.3, -0.25) is 9.69 Å². The van der Waals surface area contributed by atoms with E-state index in [4.69, 9.17) is 4.74 Å². The van der Waals surface area contributed by atoms with Gasteiger partial charge in [0.2, 0.25) is 0 Å². The van der Waals surface area contributed by atoms with Gasteiger partial charge < -0.3 is 15.0 Å². The lowest BCUT2D eigenvalue weighted by Gasteiger charge is -2.41. The standard InChI is InChI=1S/C23H25N3O5S/c1-15-14-25(22(27)21-5-4-12-31-21)20-13-17(8-11-19(20)26(15)23(28)24-2)16-6-9-18(10-7-16)32(3,29)30/h4,6-13,15,21H,5,14H2,1-3H3,(H,24,28)/t15-,21?/m0/s1. The summed E-state index contributed by atoms with van der Waals surface area (Å²) in [6.45, 7) is 2.22. The molecule has 9 heteroatoms. The number of ether oxygens (including phenoxy) is 1. The van der Waals surface area contributed by atoms with Crippen LogP contribution >= 0.6 is 0 Å². The number of rotatable bonds is 3.